The van der Waals surface area contributed by atoms with Crippen molar-refractivity contribution in [2.75, 3.05) is 6.61 Å². The Morgan fingerprint density at radius 3 is 2.86 bits per heavy atom. The van der Waals surface area contributed by atoms with E-state index in [1.165, 1.54) is 6.07 Å². The zero-order valence-corrected chi connectivity index (χ0v) is 6.94. The monoisotopic (exact) mass is 196 g/mol. The van der Waals surface area contributed by atoms with Gasteiger partial charge in [0.2, 0.25) is 5.82 Å². The molecule has 6 heteroatoms. The Morgan fingerprint density at radius 1 is 1.64 bits per heavy atom. The molecule has 1 rings (SSSR count). The van der Waals surface area contributed by atoms with Gasteiger partial charge in [-0.05, 0) is 6.07 Å². The number of hydrogen-bond donors (Lipinski definition) is 0. The van der Waals surface area contributed by atoms with E-state index in [2.05, 4.69) is 0 Å². The first-order chi connectivity index (χ1) is 6.65. The SMILES string of the molecule is N#CCOc1ccc([N+](=O)[O-])c(F)c1. The lowest BCUT2D eigenvalue weighted by Crippen LogP contribution is -1.96. The zero-order chi connectivity index (χ0) is 10.6. The van der Waals surface area contributed by atoms with E-state index in [1.807, 2.05) is 0 Å². The summed E-state index contributed by atoms with van der Waals surface area (Å²) >= 11 is 0. The van der Waals surface area contributed by atoms with Crippen LogP contribution in [0.2, 0.25) is 0 Å². The number of nitrogens with zero attached hydrogens (tertiary/aromatic N) is 2. The first-order valence-corrected chi connectivity index (χ1v) is 3.59. The number of nitro benzene ring substituents is 1. The van der Waals surface area contributed by atoms with Gasteiger partial charge in [0.25, 0.3) is 0 Å². The molecule has 0 fully saturated rings. The predicted octanol–water partition coefficient (Wildman–Crippen LogP) is 1.64. The van der Waals surface area contributed by atoms with Crippen molar-refractivity contribution in [1.29, 1.82) is 5.26 Å². The van der Waals surface area contributed by atoms with Gasteiger partial charge in [-0.25, -0.2) is 0 Å². The number of ether oxygens (including phenoxy) is 1. The molecule has 0 heterocycles. The summed E-state index contributed by atoms with van der Waals surface area (Å²) in [5.41, 5.74) is -0.616. The molecule has 0 aliphatic heterocycles. The topological polar surface area (TPSA) is 76.2 Å². The molecule has 0 unspecified atom stereocenters. The van der Waals surface area contributed by atoms with Crippen LogP contribution >= 0.6 is 0 Å². The Kier molecular flexibility index (Phi) is 2.97. The van der Waals surface area contributed by atoms with E-state index in [-0.39, 0.29) is 12.4 Å². The Morgan fingerprint density at radius 2 is 2.36 bits per heavy atom. The molecule has 0 aromatic heterocycles. The molecular weight excluding hydrogens is 191 g/mol. The van der Waals surface area contributed by atoms with Crippen molar-refractivity contribution in [1.82, 2.24) is 0 Å². The van der Waals surface area contributed by atoms with Gasteiger partial charge in [-0.2, -0.15) is 9.65 Å². The van der Waals surface area contributed by atoms with Crippen molar-refractivity contribution < 1.29 is 14.1 Å². The minimum absolute atomic E-state index is 0.0923. The van der Waals surface area contributed by atoms with Gasteiger partial charge in [-0.3, -0.25) is 10.1 Å². The molecule has 0 saturated carbocycles. The highest BCUT2D eigenvalue weighted by Crippen LogP contribution is 2.21. The van der Waals surface area contributed by atoms with Crippen LogP contribution in [0.3, 0.4) is 0 Å². The highest BCUT2D eigenvalue weighted by molar-refractivity contribution is 5.37. The largest absolute Gasteiger partial charge is 0.479 e. The van der Waals surface area contributed by atoms with Gasteiger partial charge in [0.15, 0.2) is 6.61 Å². The van der Waals surface area contributed by atoms with Gasteiger partial charge in [0.05, 0.1) is 4.92 Å². The minimum Gasteiger partial charge on any atom is -0.479 e. The number of nitriles is 1. The van der Waals surface area contributed by atoms with Crippen LogP contribution in [0.5, 0.6) is 5.75 Å². The Hall–Kier alpha value is -2.16. The summed E-state index contributed by atoms with van der Waals surface area (Å²) < 4.78 is 17.7. The second-order valence-corrected chi connectivity index (χ2v) is 2.32. The predicted molar refractivity (Wildman–Crippen MR) is 44.2 cm³/mol. The highest BCUT2D eigenvalue weighted by Gasteiger charge is 2.13. The van der Waals surface area contributed by atoms with Crippen LogP contribution in [0.4, 0.5) is 10.1 Å². The summed E-state index contributed by atoms with van der Waals surface area (Å²) in [6, 6.07) is 4.79. The highest BCUT2D eigenvalue weighted by atomic mass is 19.1. The number of hydrogen-bond acceptors (Lipinski definition) is 4. The van der Waals surface area contributed by atoms with Crippen LogP contribution in [0.1, 0.15) is 0 Å². The molecule has 0 saturated heterocycles. The van der Waals surface area contributed by atoms with Gasteiger partial charge in [0.1, 0.15) is 11.8 Å². The Balaban J connectivity index is 2.90. The van der Waals surface area contributed by atoms with Crippen molar-refractivity contribution in [2.24, 2.45) is 0 Å². The van der Waals surface area contributed by atoms with Gasteiger partial charge < -0.3 is 4.74 Å². The molecule has 1 aromatic rings. The summed E-state index contributed by atoms with van der Waals surface area (Å²) in [7, 11) is 0. The fraction of sp³-hybridized carbons (Fsp3) is 0.125. The lowest BCUT2D eigenvalue weighted by atomic mass is 10.3. The number of benzene rings is 1. The van der Waals surface area contributed by atoms with Crippen LogP contribution in [0.15, 0.2) is 18.2 Å². The Bertz CT molecular complexity index is 400. The van der Waals surface area contributed by atoms with Gasteiger partial charge in [-0.1, -0.05) is 0 Å². The third kappa shape index (κ3) is 2.17. The van der Waals surface area contributed by atoms with Crippen molar-refractivity contribution in [3.63, 3.8) is 0 Å². The van der Waals surface area contributed by atoms with E-state index in [4.69, 9.17) is 10.00 Å². The maximum absolute atomic E-state index is 12.9. The number of halogens is 1. The van der Waals surface area contributed by atoms with Crippen LogP contribution in [0.25, 0.3) is 0 Å². The fourth-order valence-corrected chi connectivity index (χ4v) is 0.841. The number of rotatable bonds is 3. The maximum atomic E-state index is 12.9. The van der Waals surface area contributed by atoms with E-state index in [9.17, 15) is 14.5 Å². The second kappa shape index (κ2) is 4.18. The summed E-state index contributed by atoms with van der Waals surface area (Å²) in [6.07, 6.45) is 0. The first kappa shape index (κ1) is 9.92. The average Bonchev–Trinajstić information content (AvgIpc) is 2.14. The summed E-state index contributed by atoms with van der Waals surface area (Å²) in [4.78, 5) is 9.39. The van der Waals surface area contributed by atoms with E-state index >= 15 is 0 Å². The van der Waals surface area contributed by atoms with Crippen molar-refractivity contribution in [2.45, 2.75) is 0 Å². The average molecular weight is 196 g/mol. The number of nitro groups is 1. The van der Waals surface area contributed by atoms with Gasteiger partial charge in [-0.15, -0.1) is 0 Å². The first-order valence-electron chi connectivity index (χ1n) is 3.59. The molecule has 0 aliphatic carbocycles. The molecule has 1 aromatic carbocycles. The van der Waals surface area contributed by atoms with E-state index in [1.54, 1.807) is 6.07 Å². The van der Waals surface area contributed by atoms with Gasteiger partial charge >= 0.3 is 5.69 Å². The van der Waals surface area contributed by atoms with Crippen molar-refractivity contribution in [3.8, 4) is 11.8 Å². The molecule has 0 amide bonds. The fourth-order valence-electron chi connectivity index (χ4n) is 0.841. The molecular formula is C8H5FN2O3. The smallest absolute Gasteiger partial charge is 0.305 e. The van der Waals surface area contributed by atoms with Gasteiger partial charge in [0, 0.05) is 12.1 Å². The summed E-state index contributed by atoms with van der Waals surface area (Å²) in [5, 5.41) is 18.4. The standard InChI is InChI=1S/C8H5FN2O3/c9-7-5-6(14-4-3-10)1-2-8(7)11(12)13/h1-2,5H,4H2. The second-order valence-electron chi connectivity index (χ2n) is 2.32. The summed E-state index contributed by atoms with van der Waals surface area (Å²) in [6.45, 7) is -0.225. The zero-order valence-electron chi connectivity index (χ0n) is 6.94. The van der Waals surface area contributed by atoms with Crippen LogP contribution < -0.4 is 4.74 Å². The quantitative estimate of drug-likeness (QED) is 0.543. The third-order valence-corrected chi connectivity index (χ3v) is 1.42. The van der Waals surface area contributed by atoms with Crippen molar-refractivity contribution >= 4 is 5.69 Å². The van der Waals surface area contributed by atoms with E-state index in [0.29, 0.717) is 0 Å². The molecule has 14 heavy (non-hydrogen) atoms. The molecule has 0 radical (unpaired) electrons. The van der Waals surface area contributed by atoms with Crippen LogP contribution in [-0.2, 0) is 0 Å². The van der Waals surface area contributed by atoms with Crippen LogP contribution in [0, 0.1) is 27.3 Å². The van der Waals surface area contributed by atoms with E-state index in [0.717, 1.165) is 12.1 Å². The molecule has 0 N–H and O–H groups in total. The minimum atomic E-state index is -0.981. The molecule has 0 bridgehead atoms. The summed E-state index contributed by atoms with van der Waals surface area (Å²) in [5.74, 6) is -0.889. The normalized spacial score (nSPS) is 9.14. The maximum Gasteiger partial charge on any atom is 0.305 e. The molecule has 0 atom stereocenters. The molecule has 5 nitrogen and oxygen atoms in total. The van der Waals surface area contributed by atoms with Crippen LogP contribution in [-0.4, -0.2) is 11.5 Å². The Labute approximate surface area is 78.5 Å². The lowest BCUT2D eigenvalue weighted by Gasteiger charge is -2.00. The lowest BCUT2D eigenvalue weighted by molar-refractivity contribution is -0.387. The molecule has 0 aliphatic rings. The molecule has 0 spiro atoms. The van der Waals surface area contributed by atoms with Crippen molar-refractivity contribution in [3.05, 3.63) is 34.1 Å². The third-order valence-electron chi connectivity index (χ3n) is 1.42. The molecule has 72 valence electrons. The van der Waals surface area contributed by atoms with E-state index < -0.39 is 16.4 Å².